The first-order chi connectivity index (χ1) is 10.4. The van der Waals surface area contributed by atoms with Crippen LogP contribution in [-0.4, -0.2) is 62.0 Å². The summed E-state index contributed by atoms with van der Waals surface area (Å²) in [5.41, 5.74) is 0. The lowest BCUT2D eigenvalue weighted by atomic mass is 10.0. The Balaban J connectivity index is 2.16. The lowest BCUT2D eigenvalue weighted by Crippen LogP contribution is -2.55. The number of rotatable bonds is 4. The number of aliphatic hydroxyl groups is 1. The molecule has 23 heavy (non-hydrogen) atoms. The Morgan fingerprint density at radius 2 is 2.00 bits per heavy atom. The van der Waals surface area contributed by atoms with Crippen molar-refractivity contribution in [1.29, 1.82) is 0 Å². The average molecular weight is 343 g/mol. The molecular formula is C15H25NO6Si. The van der Waals surface area contributed by atoms with Crippen LogP contribution in [0.2, 0.25) is 18.1 Å². The molecule has 0 spiro atoms. The second-order valence-electron chi connectivity index (χ2n) is 7.56. The van der Waals surface area contributed by atoms with Gasteiger partial charge in [0.2, 0.25) is 0 Å². The van der Waals surface area contributed by atoms with Gasteiger partial charge in [-0.25, -0.2) is 9.59 Å². The van der Waals surface area contributed by atoms with E-state index in [0.29, 0.717) is 0 Å². The number of amides is 1. The second kappa shape index (κ2) is 5.61. The number of likely N-dealkylation sites (N-methyl/N-ethyl adjacent to an activating group) is 1. The zero-order valence-corrected chi connectivity index (χ0v) is 15.5. The quantitative estimate of drug-likeness (QED) is 0.617. The van der Waals surface area contributed by atoms with E-state index in [9.17, 15) is 14.7 Å². The van der Waals surface area contributed by atoms with Crippen molar-refractivity contribution in [2.75, 3.05) is 13.7 Å². The number of esters is 1. The lowest BCUT2D eigenvalue weighted by molar-refractivity contribution is -0.198. The monoisotopic (exact) mass is 343 g/mol. The minimum atomic E-state index is -2.04. The minimum absolute atomic E-state index is 0.00758. The molecule has 2 aliphatic rings. The van der Waals surface area contributed by atoms with Gasteiger partial charge in [-0.3, -0.25) is 4.90 Å². The van der Waals surface area contributed by atoms with Crippen LogP contribution >= 0.6 is 0 Å². The van der Waals surface area contributed by atoms with Gasteiger partial charge in [-0.15, -0.1) is 0 Å². The molecule has 8 heteroatoms. The maximum Gasteiger partial charge on any atom is 0.410 e. The van der Waals surface area contributed by atoms with Gasteiger partial charge in [-0.1, -0.05) is 20.8 Å². The topological polar surface area (TPSA) is 85.3 Å². The van der Waals surface area contributed by atoms with Crippen molar-refractivity contribution in [3.05, 3.63) is 12.2 Å². The first kappa shape index (κ1) is 18.0. The number of nitrogens with zero attached hydrogens (tertiary/aromatic N) is 1. The number of hydrogen-bond donors (Lipinski definition) is 1. The number of hydrogen-bond acceptors (Lipinski definition) is 6. The van der Waals surface area contributed by atoms with E-state index in [-0.39, 0.29) is 11.6 Å². The van der Waals surface area contributed by atoms with Crippen LogP contribution in [0.25, 0.3) is 0 Å². The third-order valence-electron chi connectivity index (χ3n) is 4.87. The summed E-state index contributed by atoms with van der Waals surface area (Å²) in [4.78, 5) is 24.4. The van der Waals surface area contributed by atoms with Gasteiger partial charge in [0.15, 0.2) is 14.4 Å². The number of ether oxygens (including phenoxy) is 2. The predicted octanol–water partition coefficient (Wildman–Crippen LogP) is 1.63. The fourth-order valence-corrected chi connectivity index (χ4v) is 3.41. The Hall–Kier alpha value is -1.38. The van der Waals surface area contributed by atoms with Crippen LogP contribution < -0.4 is 0 Å². The molecule has 0 aromatic heterocycles. The molecule has 1 N–H and O–H groups in total. The normalized spacial score (nSPS) is 31.5. The van der Waals surface area contributed by atoms with E-state index >= 15 is 0 Å². The van der Waals surface area contributed by atoms with Crippen molar-refractivity contribution >= 4 is 20.4 Å². The van der Waals surface area contributed by atoms with Crippen LogP contribution in [0.3, 0.4) is 0 Å². The fourth-order valence-electron chi connectivity index (χ4n) is 2.39. The second-order valence-corrected chi connectivity index (χ2v) is 12.4. The molecule has 1 amide bonds. The zero-order chi connectivity index (χ0) is 17.6. The smallest absolute Gasteiger partial charge is 0.410 e. The Morgan fingerprint density at radius 1 is 1.39 bits per heavy atom. The largest absolute Gasteiger partial charge is 0.441 e. The van der Waals surface area contributed by atoms with Crippen LogP contribution in [0.15, 0.2) is 12.2 Å². The molecule has 0 aromatic rings. The van der Waals surface area contributed by atoms with E-state index in [1.807, 2.05) is 0 Å². The molecule has 1 fully saturated rings. The minimum Gasteiger partial charge on any atom is -0.441 e. The van der Waals surface area contributed by atoms with Gasteiger partial charge in [0.05, 0.1) is 6.61 Å². The molecule has 1 unspecified atom stereocenters. The van der Waals surface area contributed by atoms with Crippen molar-refractivity contribution < 1.29 is 28.6 Å². The number of carbonyl (C=O) groups excluding carboxylic acids is 2. The molecule has 2 rings (SSSR count). The highest BCUT2D eigenvalue weighted by Gasteiger charge is 2.55. The summed E-state index contributed by atoms with van der Waals surface area (Å²) in [7, 11) is -0.543. The molecule has 130 valence electrons. The van der Waals surface area contributed by atoms with E-state index in [4.69, 9.17) is 13.9 Å². The molecule has 1 saturated heterocycles. The van der Waals surface area contributed by atoms with E-state index in [1.54, 1.807) is 0 Å². The van der Waals surface area contributed by atoms with Crippen molar-refractivity contribution in [2.24, 2.45) is 0 Å². The first-order valence-electron chi connectivity index (χ1n) is 7.59. The maximum atomic E-state index is 11.9. The van der Waals surface area contributed by atoms with E-state index < -0.39 is 38.3 Å². The highest BCUT2D eigenvalue weighted by Crippen LogP contribution is 2.38. The van der Waals surface area contributed by atoms with Gasteiger partial charge in [-0.2, -0.15) is 0 Å². The summed E-state index contributed by atoms with van der Waals surface area (Å²) in [6.45, 7) is 10.7. The number of carbonyl (C=O) groups is 2. The third-order valence-corrected chi connectivity index (χ3v) is 9.37. The van der Waals surface area contributed by atoms with Gasteiger partial charge in [-0.05, 0) is 24.2 Å². The van der Waals surface area contributed by atoms with Gasteiger partial charge >= 0.3 is 12.1 Å². The van der Waals surface area contributed by atoms with Crippen LogP contribution in [0, 0.1) is 0 Å². The van der Waals surface area contributed by atoms with Gasteiger partial charge in [0.25, 0.3) is 5.79 Å². The SMILES string of the molecule is CN1C(=O)O[C@H](CO[Si](C)(C)C(C)(C)C)[C@@H]1C1(O)C=CC(=O)O1. The Labute approximate surface area is 137 Å². The lowest BCUT2D eigenvalue weighted by Gasteiger charge is -2.38. The van der Waals surface area contributed by atoms with Gasteiger partial charge < -0.3 is 19.0 Å². The summed E-state index contributed by atoms with van der Waals surface area (Å²) < 4.78 is 16.4. The average Bonchev–Trinajstić information content (AvgIpc) is 2.88. The Bertz CT molecular complexity index is 541. The zero-order valence-electron chi connectivity index (χ0n) is 14.5. The predicted molar refractivity (Wildman–Crippen MR) is 85.2 cm³/mol. The Morgan fingerprint density at radius 3 is 2.48 bits per heavy atom. The van der Waals surface area contributed by atoms with Crippen LogP contribution in [0.1, 0.15) is 20.8 Å². The Kier molecular flexibility index (Phi) is 4.38. The summed E-state index contributed by atoms with van der Waals surface area (Å²) in [5, 5.41) is 10.6. The molecule has 7 nitrogen and oxygen atoms in total. The fraction of sp³-hybridized carbons (Fsp3) is 0.733. The molecule has 0 saturated carbocycles. The van der Waals surface area contributed by atoms with Crippen molar-refractivity contribution in [3.8, 4) is 0 Å². The maximum absolute atomic E-state index is 11.9. The molecule has 2 aliphatic heterocycles. The molecule has 0 bridgehead atoms. The molecule has 0 aliphatic carbocycles. The van der Waals surface area contributed by atoms with E-state index in [2.05, 4.69) is 33.9 Å². The van der Waals surface area contributed by atoms with E-state index in [1.165, 1.54) is 18.0 Å². The molecule has 0 aromatic carbocycles. The summed E-state index contributed by atoms with van der Waals surface area (Å²) >= 11 is 0. The third kappa shape index (κ3) is 3.29. The molecule has 3 atom stereocenters. The van der Waals surface area contributed by atoms with Crippen LogP contribution in [-0.2, 0) is 18.7 Å². The van der Waals surface area contributed by atoms with Crippen molar-refractivity contribution in [2.45, 2.75) is 56.8 Å². The molecule has 2 heterocycles. The van der Waals surface area contributed by atoms with Crippen LogP contribution in [0.5, 0.6) is 0 Å². The molecular weight excluding hydrogens is 318 g/mol. The van der Waals surface area contributed by atoms with Crippen molar-refractivity contribution in [3.63, 3.8) is 0 Å². The van der Waals surface area contributed by atoms with Gasteiger partial charge in [0.1, 0.15) is 6.04 Å². The summed E-state index contributed by atoms with van der Waals surface area (Å²) in [6, 6.07) is -0.845. The summed E-state index contributed by atoms with van der Waals surface area (Å²) in [6.07, 6.45) is 1.09. The van der Waals surface area contributed by atoms with Crippen molar-refractivity contribution in [1.82, 2.24) is 4.90 Å². The first-order valence-corrected chi connectivity index (χ1v) is 10.5. The van der Waals surface area contributed by atoms with Gasteiger partial charge in [0, 0.05) is 13.1 Å². The highest BCUT2D eigenvalue weighted by atomic mass is 28.4. The van der Waals surface area contributed by atoms with E-state index in [0.717, 1.165) is 6.08 Å². The molecule has 0 radical (unpaired) electrons. The highest BCUT2D eigenvalue weighted by molar-refractivity contribution is 6.74. The number of cyclic esters (lactones) is 2. The summed E-state index contributed by atoms with van der Waals surface area (Å²) in [5.74, 6) is -2.54. The standard InChI is InChI=1S/C15H25NO6Si/c1-14(2,3)23(5,6)20-9-10-12(16(4)13(18)21-10)15(19)8-7-11(17)22-15/h7-8,10,12,19H,9H2,1-6H3/t10-,12-,15?/m1/s1. The van der Waals surface area contributed by atoms with Crippen LogP contribution in [0.4, 0.5) is 4.79 Å².